The Morgan fingerprint density at radius 2 is 2.07 bits per heavy atom. The van der Waals surface area contributed by atoms with Crippen LogP contribution in [0.5, 0.6) is 0 Å². The number of alkyl halides is 3. The van der Waals surface area contributed by atoms with Gasteiger partial charge in [-0.1, -0.05) is 0 Å². The molecule has 0 aliphatic carbocycles. The summed E-state index contributed by atoms with van der Waals surface area (Å²) in [4.78, 5) is 7.82. The maximum atomic E-state index is 13.1. The van der Waals surface area contributed by atoms with Crippen LogP contribution >= 0.6 is 0 Å². The molecule has 0 radical (unpaired) electrons. The first kappa shape index (κ1) is 18.3. The number of nitrogens with zero attached hydrogens (tertiary/aromatic N) is 6. The molecular weight excluding hydrogens is 373 g/mol. The summed E-state index contributed by atoms with van der Waals surface area (Å²) in [6.45, 7) is 4.73. The number of fused-ring (bicyclic) bond motifs is 1. The fraction of sp³-hybridized carbons (Fsp3) is 0.412. The van der Waals surface area contributed by atoms with E-state index < -0.39 is 11.7 Å². The van der Waals surface area contributed by atoms with Gasteiger partial charge in [0.1, 0.15) is 11.4 Å². The number of rotatable bonds is 5. The zero-order valence-corrected chi connectivity index (χ0v) is 15.3. The standard InChI is InChI=1S/C17H19F3N8/c1-3-21-15-11(17(18,19)20)8-22-16(26-15)25-12-9-24-28(10(12)2)14-5-7-27-13(14)4-6-23-27/h4,6,8-9,14H,3,5,7H2,1-2H3,(H2,21,22,25,26). The summed E-state index contributed by atoms with van der Waals surface area (Å²) < 4.78 is 43.1. The zero-order chi connectivity index (χ0) is 19.9. The smallest absolute Gasteiger partial charge is 0.370 e. The molecule has 1 atom stereocenters. The maximum Gasteiger partial charge on any atom is 0.421 e. The number of nitrogens with one attached hydrogen (secondary N) is 2. The molecule has 1 unspecified atom stereocenters. The number of anilines is 3. The molecule has 3 aromatic rings. The van der Waals surface area contributed by atoms with E-state index in [9.17, 15) is 13.2 Å². The van der Waals surface area contributed by atoms with Crippen LogP contribution in [0, 0.1) is 6.92 Å². The van der Waals surface area contributed by atoms with Crippen LogP contribution in [0.25, 0.3) is 0 Å². The summed E-state index contributed by atoms with van der Waals surface area (Å²) in [5.41, 5.74) is 1.66. The molecular formula is C17H19F3N8. The van der Waals surface area contributed by atoms with Crippen molar-refractivity contribution in [1.29, 1.82) is 0 Å². The molecule has 0 fully saturated rings. The number of halogens is 3. The molecule has 4 heterocycles. The second-order valence-corrected chi connectivity index (χ2v) is 6.48. The SMILES string of the molecule is CCNc1nc(Nc2cnn(C3CCn4nccc43)c2C)ncc1C(F)(F)F. The van der Waals surface area contributed by atoms with Crippen molar-refractivity contribution >= 4 is 17.5 Å². The summed E-state index contributed by atoms with van der Waals surface area (Å²) in [6.07, 6.45) is 0.525. The second kappa shape index (κ2) is 6.80. The molecule has 3 aromatic heterocycles. The van der Waals surface area contributed by atoms with Crippen molar-refractivity contribution in [2.45, 2.75) is 39.0 Å². The largest absolute Gasteiger partial charge is 0.421 e. The van der Waals surface area contributed by atoms with Gasteiger partial charge in [0.2, 0.25) is 5.95 Å². The van der Waals surface area contributed by atoms with Gasteiger partial charge >= 0.3 is 6.18 Å². The van der Waals surface area contributed by atoms with E-state index in [1.165, 1.54) is 0 Å². The van der Waals surface area contributed by atoms with Gasteiger partial charge in [0.05, 0.1) is 29.3 Å². The van der Waals surface area contributed by atoms with Crippen molar-refractivity contribution in [2.24, 2.45) is 0 Å². The van der Waals surface area contributed by atoms with Crippen molar-refractivity contribution in [3.05, 3.63) is 41.6 Å². The average Bonchev–Trinajstić information content (AvgIpc) is 3.32. The highest BCUT2D eigenvalue weighted by Gasteiger charge is 2.35. The minimum atomic E-state index is -4.53. The van der Waals surface area contributed by atoms with E-state index in [0.29, 0.717) is 12.2 Å². The average molecular weight is 392 g/mol. The van der Waals surface area contributed by atoms with Gasteiger partial charge in [-0.3, -0.25) is 9.36 Å². The van der Waals surface area contributed by atoms with Crippen molar-refractivity contribution < 1.29 is 13.2 Å². The first-order valence-electron chi connectivity index (χ1n) is 8.89. The molecule has 148 valence electrons. The molecule has 0 bridgehead atoms. The van der Waals surface area contributed by atoms with Crippen molar-refractivity contribution in [1.82, 2.24) is 29.5 Å². The van der Waals surface area contributed by atoms with E-state index in [0.717, 1.165) is 30.6 Å². The van der Waals surface area contributed by atoms with Crippen LogP contribution < -0.4 is 10.6 Å². The van der Waals surface area contributed by atoms with Gasteiger partial charge < -0.3 is 10.6 Å². The third-order valence-corrected chi connectivity index (χ3v) is 4.73. The fourth-order valence-electron chi connectivity index (χ4n) is 3.39. The fourth-order valence-corrected chi connectivity index (χ4v) is 3.39. The van der Waals surface area contributed by atoms with E-state index in [1.807, 2.05) is 22.4 Å². The van der Waals surface area contributed by atoms with Crippen LogP contribution in [-0.4, -0.2) is 36.1 Å². The lowest BCUT2D eigenvalue weighted by molar-refractivity contribution is -0.137. The van der Waals surface area contributed by atoms with Gasteiger partial charge in [-0.2, -0.15) is 28.4 Å². The van der Waals surface area contributed by atoms with Gasteiger partial charge in [0, 0.05) is 25.5 Å². The lowest BCUT2D eigenvalue weighted by atomic mass is 10.2. The molecule has 0 aromatic carbocycles. The third-order valence-electron chi connectivity index (χ3n) is 4.73. The van der Waals surface area contributed by atoms with Gasteiger partial charge in [0.15, 0.2) is 0 Å². The molecule has 1 aliphatic rings. The van der Waals surface area contributed by atoms with E-state index >= 15 is 0 Å². The summed E-state index contributed by atoms with van der Waals surface area (Å²) >= 11 is 0. The Labute approximate surface area is 158 Å². The molecule has 11 heteroatoms. The van der Waals surface area contributed by atoms with E-state index in [-0.39, 0.29) is 17.8 Å². The maximum absolute atomic E-state index is 13.1. The third kappa shape index (κ3) is 3.16. The second-order valence-electron chi connectivity index (χ2n) is 6.48. The highest BCUT2D eigenvalue weighted by Crippen LogP contribution is 2.35. The Balaban J connectivity index is 1.60. The summed E-state index contributed by atoms with van der Waals surface area (Å²) in [6, 6.07) is 2.04. The van der Waals surface area contributed by atoms with E-state index in [2.05, 4.69) is 30.8 Å². The van der Waals surface area contributed by atoms with Gasteiger partial charge in [-0.25, -0.2) is 4.98 Å². The Kier molecular flexibility index (Phi) is 4.44. The Morgan fingerprint density at radius 1 is 1.25 bits per heavy atom. The highest BCUT2D eigenvalue weighted by molar-refractivity contribution is 5.58. The Bertz CT molecular complexity index is 991. The predicted octanol–water partition coefficient (Wildman–Crippen LogP) is 3.37. The van der Waals surface area contributed by atoms with Crippen LogP contribution in [0.15, 0.2) is 24.7 Å². The van der Waals surface area contributed by atoms with Gasteiger partial charge in [-0.15, -0.1) is 0 Å². The number of aromatic nitrogens is 6. The topological polar surface area (TPSA) is 85.5 Å². The molecule has 0 saturated heterocycles. The molecule has 0 amide bonds. The van der Waals surface area contributed by atoms with E-state index in [4.69, 9.17) is 0 Å². The number of hydrogen-bond donors (Lipinski definition) is 2. The number of aryl methyl sites for hydroxylation is 1. The molecule has 2 N–H and O–H groups in total. The monoisotopic (exact) mass is 392 g/mol. The van der Waals surface area contributed by atoms with Crippen LogP contribution in [0.1, 0.15) is 36.3 Å². The Morgan fingerprint density at radius 3 is 2.82 bits per heavy atom. The molecule has 4 rings (SSSR count). The van der Waals surface area contributed by atoms with Gasteiger partial charge in [0.25, 0.3) is 0 Å². The minimum Gasteiger partial charge on any atom is -0.370 e. The van der Waals surface area contributed by atoms with Crippen molar-refractivity contribution in [2.75, 3.05) is 17.2 Å². The van der Waals surface area contributed by atoms with Crippen LogP contribution in [0.3, 0.4) is 0 Å². The lowest BCUT2D eigenvalue weighted by Gasteiger charge is -2.14. The first-order valence-corrected chi connectivity index (χ1v) is 8.89. The first-order chi connectivity index (χ1) is 13.4. The molecule has 0 spiro atoms. The quantitative estimate of drug-likeness (QED) is 0.693. The normalized spacial score (nSPS) is 16.2. The summed E-state index contributed by atoms with van der Waals surface area (Å²) in [7, 11) is 0. The van der Waals surface area contributed by atoms with Crippen molar-refractivity contribution in [3.8, 4) is 0 Å². The lowest BCUT2D eigenvalue weighted by Crippen LogP contribution is -2.14. The highest BCUT2D eigenvalue weighted by atomic mass is 19.4. The minimum absolute atomic E-state index is 0.0723. The molecule has 1 aliphatic heterocycles. The van der Waals surface area contributed by atoms with Gasteiger partial charge in [-0.05, 0) is 26.3 Å². The Hall–Kier alpha value is -3.11. The molecule has 28 heavy (non-hydrogen) atoms. The molecule has 8 nitrogen and oxygen atoms in total. The van der Waals surface area contributed by atoms with Crippen molar-refractivity contribution in [3.63, 3.8) is 0 Å². The summed E-state index contributed by atoms with van der Waals surface area (Å²) in [5, 5.41) is 14.3. The van der Waals surface area contributed by atoms with Crippen LogP contribution in [0.4, 0.5) is 30.6 Å². The predicted molar refractivity (Wildman–Crippen MR) is 96.4 cm³/mol. The van der Waals surface area contributed by atoms with E-state index in [1.54, 1.807) is 19.3 Å². The number of hydrogen-bond acceptors (Lipinski definition) is 6. The molecule has 0 saturated carbocycles. The van der Waals surface area contributed by atoms with Crippen LogP contribution in [-0.2, 0) is 12.7 Å². The van der Waals surface area contributed by atoms with Crippen LogP contribution in [0.2, 0.25) is 0 Å². The summed E-state index contributed by atoms with van der Waals surface area (Å²) in [5.74, 6) is -0.180. The zero-order valence-electron chi connectivity index (χ0n) is 15.3.